The highest BCUT2D eigenvalue weighted by Crippen LogP contribution is 2.18. The fourth-order valence-corrected chi connectivity index (χ4v) is 2.29. The van der Waals surface area contributed by atoms with Crippen molar-refractivity contribution in [2.24, 2.45) is 0 Å². The molecular formula is C15H24N4O2. The first-order valence-corrected chi connectivity index (χ1v) is 7.56. The molecule has 2 heterocycles. The van der Waals surface area contributed by atoms with E-state index in [1.54, 1.807) is 6.20 Å². The zero-order chi connectivity index (χ0) is 15.1. The number of ether oxygens (including phenoxy) is 1. The Bertz CT molecular complexity index is 441. The number of rotatable bonds is 5. The minimum Gasteiger partial charge on any atom is -0.474 e. The molecule has 2 amide bonds. The van der Waals surface area contributed by atoms with E-state index in [0.29, 0.717) is 5.88 Å². The molecule has 2 rings (SSSR count). The van der Waals surface area contributed by atoms with Crippen molar-refractivity contribution in [2.75, 3.05) is 32.0 Å². The molecule has 116 valence electrons. The topological polar surface area (TPSA) is 66.5 Å². The number of hydrogen-bond acceptors (Lipinski definition) is 4. The lowest BCUT2D eigenvalue weighted by atomic mass is 10.1. The Morgan fingerprint density at radius 3 is 2.76 bits per heavy atom. The van der Waals surface area contributed by atoms with E-state index in [-0.39, 0.29) is 12.1 Å². The molecule has 6 nitrogen and oxygen atoms in total. The maximum atomic E-state index is 11.8. The molecule has 0 atom stereocenters. The normalized spacial score (nSPS) is 15.6. The Balaban J connectivity index is 1.76. The van der Waals surface area contributed by atoms with Gasteiger partial charge in [0.2, 0.25) is 5.88 Å². The van der Waals surface area contributed by atoms with E-state index < -0.39 is 0 Å². The summed E-state index contributed by atoms with van der Waals surface area (Å²) in [5.41, 5.74) is 0.963. The number of amides is 2. The average Bonchev–Trinajstić information content (AvgIpc) is 2.54. The summed E-state index contributed by atoms with van der Waals surface area (Å²) in [7, 11) is 1.86. The molecule has 1 fully saturated rings. The van der Waals surface area contributed by atoms with E-state index in [4.69, 9.17) is 4.74 Å². The van der Waals surface area contributed by atoms with Crippen LogP contribution < -0.4 is 15.4 Å². The summed E-state index contributed by atoms with van der Waals surface area (Å²) in [6.07, 6.45) is 4.53. The maximum Gasteiger partial charge on any atom is 0.317 e. The van der Waals surface area contributed by atoms with Gasteiger partial charge in [-0.1, -0.05) is 6.92 Å². The van der Waals surface area contributed by atoms with E-state index in [1.165, 1.54) is 0 Å². The minimum atomic E-state index is 0.0341. The van der Waals surface area contributed by atoms with Gasteiger partial charge in [-0.2, -0.15) is 0 Å². The molecule has 1 saturated heterocycles. The van der Waals surface area contributed by atoms with Gasteiger partial charge in [0.05, 0.1) is 11.9 Å². The molecule has 0 aromatic carbocycles. The summed E-state index contributed by atoms with van der Waals surface area (Å²) in [6.45, 7) is 4.24. The second-order valence-corrected chi connectivity index (χ2v) is 5.17. The number of carbonyl (C=O) groups excluding carboxylic acids is 1. The van der Waals surface area contributed by atoms with Crippen LogP contribution in [0.15, 0.2) is 18.3 Å². The number of anilines is 1. The van der Waals surface area contributed by atoms with Gasteiger partial charge >= 0.3 is 6.03 Å². The molecule has 0 aliphatic carbocycles. The van der Waals surface area contributed by atoms with Crippen molar-refractivity contribution in [3.63, 3.8) is 0 Å². The summed E-state index contributed by atoms with van der Waals surface area (Å²) >= 11 is 0. The first-order valence-electron chi connectivity index (χ1n) is 7.56. The van der Waals surface area contributed by atoms with Crippen LogP contribution in [0.1, 0.15) is 26.2 Å². The number of aromatic nitrogens is 1. The molecule has 0 saturated carbocycles. The highest BCUT2D eigenvalue weighted by molar-refractivity contribution is 5.74. The van der Waals surface area contributed by atoms with Gasteiger partial charge in [-0.05, 0) is 12.5 Å². The summed E-state index contributed by atoms with van der Waals surface area (Å²) in [5, 5.41) is 5.93. The summed E-state index contributed by atoms with van der Waals surface area (Å²) in [4.78, 5) is 18.0. The largest absolute Gasteiger partial charge is 0.474 e. The molecule has 6 heteroatoms. The number of piperidine rings is 1. The Morgan fingerprint density at radius 1 is 1.43 bits per heavy atom. The fourth-order valence-electron chi connectivity index (χ4n) is 2.29. The third-order valence-electron chi connectivity index (χ3n) is 3.57. The number of carbonyl (C=O) groups is 1. The van der Waals surface area contributed by atoms with Gasteiger partial charge in [-0.3, -0.25) is 0 Å². The van der Waals surface area contributed by atoms with Gasteiger partial charge in [0.25, 0.3) is 0 Å². The van der Waals surface area contributed by atoms with Crippen molar-refractivity contribution in [1.29, 1.82) is 0 Å². The first-order chi connectivity index (χ1) is 10.2. The third kappa shape index (κ3) is 4.51. The second-order valence-electron chi connectivity index (χ2n) is 5.17. The van der Waals surface area contributed by atoms with Gasteiger partial charge in [0, 0.05) is 45.6 Å². The lowest BCUT2D eigenvalue weighted by Crippen LogP contribution is -2.46. The molecule has 0 radical (unpaired) electrons. The molecule has 1 aromatic rings. The Morgan fingerprint density at radius 2 is 2.19 bits per heavy atom. The van der Waals surface area contributed by atoms with Crippen molar-refractivity contribution in [1.82, 2.24) is 15.2 Å². The molecule has 1 aliphatic rings. The van der Waals surface area contributed by atoms with Crippen LogP contribution in [-0.4, -0.2) is 48.7 Å². The van der Waals surface area contributed by atoms with Crippen molar-refractivity contribution >= 4 is 11.7 Å². The summed E-state index contributed by atoms with van der Waals surface area (Å²) in [6, 6.07) is 3.84. The Labute approximate surface area is 125 Å². The third-order valence-corrected chi connectivity index (χ3v) is 3.57. The highest BCUT2D eigenvalue weighted by Gasteiger charge is 2.23. The number of hydrogen-bond donors (Lipinski definition) is 2. The number of pyridine rings is 1. The van der Waals surface area contributed by atoms with Crippen molar-refractivity contribution in [3.05, 3.63) is 18.3 Å². The standard InChI is InChI=1S/C15H24N4O2/c1-3-8-17-15(20)19-9-6-13(7-10-19)21-14-5-4-12(16-2)11-18-14/h4-5,11,13,16H,3,6-10H2,1-2H3,(H,17,20). The van der Waals surface area contributed by atoms with E-state index in [0.717, 1.165) is 44.6 Å². The van der Waals surface area contributed by atoms with Gasteiger partial charge in [0.1, 0.15) is 6.10 Å². The van der Waals surface area contributed by atoms with Gasteiger partial charge in [-0.25, -0.2) is 9.78 Å². The molecule has 1 aromatic heterocycles. The van der Waals surface area contributed by atoms with E-state index in [1.807, 2.05) is 31.0 Å². The Kier molecular flexibility index (Phi) is 5.66. The van der Waals surface area contributed by atoms with Gasteiger partial charge in [-0.15, -0.1) is 0 Å². The monoisotopic (exact) mass is 292 g/mol. The molecule has 0 unspecified atom stereocenters. The van der Waals surface area contributed by atoms with E-state index in [2.05, 4.69) is 15.6 Å². The first kappa shape index (κ1) is 15.4. The van der Waals surface area contributed by atoms with Crippen LogP contribution in [-0.2, 0) is 0 Å². The Hall–Kier alpha value is -1.98. The minimum absolute atomic E-state index is 0.0341. The predicted molar refractivity (Wildman–Crippen MR) is 82.7 cm³/mol. The van der Waals surface area contributed by atoms with Crippen molar-refractivity contribution in [3.8, 4) is 5.88 Å². The molecule has 0 bridgehead atoms. The van der Waals surface area contributed by atoms with E-state index >= 15 is 0 Å². The van der Waals surface area contributed by atoms with Gasteiger partial charge in [0.15, 0.2) is 0 Å². The van der Waals surface area contributed by atoms with Crippen molar-refractivity contribution in [2.45, 2.75) is 32.3 Å². The summed E-state index contributed by atoms with van der Waals surface area (Å²) < 4.78 is 5.87. The van der Waals surface area contributed by atoms with Crippen LogP contribution in [0.4, 0.5) is 10.5 Å². The number of nitrogens with zero attached hydrogens (tertiary/aromatic N) is 2. The molecule has 0 spiro atoms. The molecule has 1 aliphatic heterocycles. The molecule has 2 N–H and O–H groups in total. The molecule has 21 heavy (non-hydrogen) atoms. The average molecular weight is 292 g/mol. The maximum absolute atomic E-state index is 11.8. The SMILES string of the molecule is CCCNC(=O)N1CCC(Oc2ccc(NC)cn2)CC1. The van der Waals surface area contributed by atoms with Crippen molar-refractivity contribution < 1.29 is 9.53 Å². The van der Waals surface area contributed by atoms with Crippen LogP contribution >= 0.6 is 0 Å². The molecular weight excluding hydrogens is 268 g/mol. The smallest absolute Gasteiger partial charge is 0.317 e. The van der Waals surface area contributed by atoms with Crippen LogP contribution in [0.25, 0.3) is 0 Å². The number of urea groups is 1. The number of likely N-dealkylation sites (tertiary alicyclic amines) is 1. The van der Waals surface area contributed by atoms with Crippen LogP contribution in [0.3, 0.4) is 0 Å². The summed E-state index contributed by atoms with van der Waals surface area (Å²) in [5.74, 6) is 0.642. The second kappa shape index (κ2) is 7.71. The van der Waals surface area contributed by atoms with Crippen LogP contribution in [0.5, 0.6) is 5.88 Å². The zero-order valence-corrected chi connectivity index (χ0v) is 12.8. The number of nitrogens with one attached hydrogen (secondary N) is 2. The predicted octanol–water partition coefficient (Wildman–Crippen LogP) is 2.09. The van der Waals surface area contributed by atoms with E-state index in [9.17, 15) is 4.79 Å². The highest BCUT2D eigenvalue weighted by atomic mass is 16.5. The quantitative estimate of drug-likeness (QED) is 0.872. The zero-order valence-electron chi connectivity index (χ0n) is 12.8. The van der Waals surface area contributed by atoms with Crippen LogP contribution in [0.2, 0.25) is 0 Å². The lowest BCUT2D eigenvalue weighted by Gasteiger charge is -2.31. The lowest BCUT2D eigenvalue weighted by molar-refractivity contribution is 0.107. The van der Waals surface area contributed by atoms with Gasteiger partial charge < -0.3 is 20.3 Å². The van der Waals surface area contributed by atoms with Crippen LogP contribution in [0, 0.1) is 0 Å². The fraction of sp³-hybridized carbons (Fsp3) is 0.600.